The first-order valence-electron chi connectivity index (χ1n) is 9.18. The number of allylic oxidation sites excluding steroid dienone is 1. The van der Waals surface area contributed by atoms with E-state index in [1.54, 1.807) is 26.0 Å². The van der Waals surface area contributed by atoms with Crippen LogP contribution in [0.1, 0.15) is 35.6 Å². The van der Waals surface area contributed by atoms with Crippen molar-refractivity contribution in [3.63, 3.8) is 0 Å². The highest BCUT2D eigenvalue weighted by Gasteiger charge is 2.23. The Bertz CT molecular complexity index is 1040. The van der Waals surface area contributed by atoms with Gasteiger partial charge in [0.1, 0.15) is 0 Å². The Labute approximate surface area is 166 Å². The van der Waals surface area contributed by atoms with Crippen LogP contribution in [0.25, 0.3) is 0 Å². The molecule has 0 aliphatic carbocycles. The minimum atomic E-state index is -3.71. The number of hydrogen-bond acceptors (Lipinski definition) is 4. The van der Waals surface area contributed by atoms with Gasteiger partial charge in [0.05, 0.1) is 11.4 Å². The van der Waals surface area contributed by atoms with Crippen molar-refractivity contribution in [3.05, 3.63) is 64.4 Å². The standard InChI is InChI=1S/C20H27N3O4S/c1-6-11-23-15(4)12-18(16(23)5)19(24)14-21-13-17(9-10-20(21)25)28(26,27)22(7-2)8-3/h6,9-10,12-13H,1,7-8,11,14H2,2-5H3. The number of hydrogen-bond donors (Lipinski definition) is 0. The van der Waals surface area contributed by atoms with Gasteiger partial charge in [-0.15, -0.1) is 6.58 Å². The summed E-state index contributed by atoms with van der Waals surface area (Å²) in [5.41, 5.74) is 1.81. The average Bonchev–Trinajstić information content (AvgIpc) is 2.93. The molecule has 0 unspecified atom stereocenters. The Morgan fingerprint density at radius 1 is 1.21 bits per heavy atom. The molecule has 0 aliphatic heterocycles. The van der Waals surface area contributed by atoms with Gasteiger partial charge in [0.25, 0.3) is 5.56 Å². The number of rotatable bonds is 9. The van der Waals surface area contributed by atoms with Crippen molar-refractivity contribution in [1.82, 2.24) is 13.4 Å². The smallest absolute Gasteiger partial charge is 0.251 e. The molecule has 0 aromatic carbocycles. The quantitative estimate of drug-likeness (QED) is 0.474. The van der Waals surface area contributed by atoms with Crippen LogP contribution in [-0.2, 0) is 23.1 Å². The molecule has 0 fully saturated rings. The minimum absolute atomic E-state index is 0.000676. The van der Waals surface area contributed by atoms with Gasteiger partial charge in [-0.1, -0.05) is 19.9 Å². The van der Waals surface area contributed by atoms with Gasteiger partial charge in [-0.2, -0.15) is 4.31 Å². The molecule has 0 radical (unpaired) electrons. The van der Waals surface area contributed by atoms with Crippen LogP contribution in [0.5, 0.6) is 0 Å². The SMILES string of the molecule is C=CCn1c(C)cc(C(=O)Cn2cc(S(=O)(=O)N(CC)CC)ccc2=O)c1C. The lowest BCUT2D eigenvalue weighted by Crippen LogP contribution is -2.32. The van der Waals surface area contributed by atoms with Crippen LogP contribution in [0, 0.1) is 13.8 Å². The second-order valence-electron chi connectivity index (χ2n) is 6.53. The van der Waals surface area contributed by atoms with Crippen LogP contribution in [0.15, 0.2) is 46.7 Å². The molecule has 0 N–H and O–H groups in total. The highest BCUT2D eigenvalue weighted by atomic mass is 32.2. The lowest BCUT2D eigenvalue weighted by Gasteiger charge is -2.19. The van der Waals surface area contributed by atoms with E-state index >= 15 is 0 Å². The number of carbonyl (C=O) groups is 1. The van der Waals surface area contributed by atoms with Crippen molar-refractivity contribution >= 4 is 15.8 Å². The predicted octanol–water partition coefficient (Wildman–Crippen LogP) is 2.37. The van der Waals surface area contributed by atoms with Gasteiger partial charge >= 0.3 is 0 Å². The third kappa shape index (κ3) is 4.18. The number of Topliss-reactive ketones (excluding diaryl/α,β-unsaturated/α-hetero) is 1. The van der Waals surface area contributed by atoms with Crippen molar-refractivity contribution in [2.45, 2.75) is 45.7 Å². The van der Waals surface area contributed by atoms with Crippen molar-refractivity contribution in [2.24, 2.45) is 0 Å². The van der Waals surface area contributed by atoms with Gasteiger partial charge in [0.2, 0.25) is 10.0 Å². The van der Waals surface area contributed by atoms with Crippen molar-refractivity contribution in [1.29, 1.82) is 0 Å². The fourth-order valence-electron chi connectivity index (χ4n) is 3.23. The van der Waals surface area contributed by atoms with Crippen LogP contribution in [-0.4, -0.2) is 40.7 Å². The third-order valence-corrected chi connectivity index (χ3v) is 6.83. The summed E-state index contributed by atoms with van der Waals surface area (Å²) in [7, 11) is -3.71. The number of ketones is 1. The van der Waals surface area contributed by atoms with E-state index in [1.165, 1.54) is 22.6 Å². The van der Waals surface area contributed by atoms with E-state index in [0.29, 0.717) is 25.2 Å². The van der Waals surface area contributed by atoms with E-state index in [0.717, 1.165) is 16.0 Å². The van der Waals surface area contributed by atoms with Gasteiger partial charge in [-0.05, 0) is 26.0 Å². The molecule has 0 aliphatic rings. The molecular weight excluding hydrogens is 378 g/mol. The number of nitrogens with zero attached hydrogens (tertiary/aromatic N) is 3. The summed E-state index contributed by atoms with van der Waals surface area (Å²) in [6.45, 7) is 12.0. The molecule has 152 valence electrons. The number of aryl methyl sites for hydroxylation is 1. The predicted molar refractivity (Wildman–Crippen MR) is 109 cm³/mol. The molecule has 0 spiro atoms. The molecule has 2 rings (SSSR count). The Kier molecular flexibility index (Phi) is 6.79. The molecule has 0 saturated heterocycles. The lowest BCUT2D eigenvalue weighted by atomic mass is 10.1. The summed E-state index contributed by atoms with van der Waals surface area (Å²) in [5.74, 6) is -0.247. The van der Waals surface area contributed by atoms with Gasteiger partial charge in [-0.3, -0.25) is 9.59 Å². The largest absolute Gasteiger partial charge is 0.345 e. The topological polar surface area (TPSA) is 81.4 Å². The number of carbonyl (C=O) groups excluding carboxylic acids is 1. The van der Waals surface area contributed by atoms with E-state index in [-0.39, 0.29) is 17.2 Å². The number of pyridine rings is 1. The van der Waals surface area contributed by atoms with E-state index in [9.17, 15) is 18.0 Å². The minimum Gasteiger partial charge on any atom is -0.345 e. The Hall–Kier alpha value is -2.45. The van der Waals surface area contributed by atoms with E-state index in [4.69, 9.17) is 0 Å². The van der Waals surface area contributed by atoms with Crippen LogP contribution in [0.4, 0.5) is 0 Å². The molecule has 7 nitrogen and oxygen atoms in total. The molecule has 28 heavy (non-hydrogen) atoms. The summed E-state index contributed by atoms with van der Waals surface area (Å²) in [4.78, 5) is 25.0. The Morgan fingerprint density at radius 3 is 2.43 bits per heavy atom. The highest BCUT2D eigenvalue weighted by Crippen LogP contribution is 2.17. The van der Waals surface area contributed by atoms with Gasteiger partial charge in [0.15, 0.2) is 5.78 Å². The maximum Gasteiger partial charge on any atom is 0.251 e. The zero-order chi connectivity index (χ0) is 21.1. The van der Waals surface area contributed by atoms with Crippen molar-refractivity contribution < 1.29 is 13.2 Å². The van der Waals surface area contributed by atoms with Gasteiger partial charge in [0, 0.05) is 48.8 Å². The zero-order valence-corrected chi connectivity index (χ0v) is 17.6. The van der Waals surface area contributed by atoms with Crippen LogP contribution >= 0.6 is 0 Å². The molecule has 0 amide bonds. The van der Waals surface area contributed by atoms with Crippen LogP contribution in [0.3, 0.4) is 0 Å². The lowest BCUT2D eigenvalue weighted by molar-refractivity contribution is 0.0969. The Balaban J connectivity index is 2.40. The fraction of sp³-hybridized carbons (Fsp3) is 0.400. The molecular formula is C20H27N3O4S. The first-order chi connectivity index (χ1) is 13.2. The van der Waals surface area contributed by atoms with Crippen LogP contribution in [0.2, 0.25) is 0 Å². The second-order valence-corrected chi connectivity index (χ2v) is 8.47. The monoisotopic (exact) mass is 405 g/mol. The molecule has 8 heteroatoms. The molecule has 0 atom stereocenters. The summed E-state index contributed by atoms with van der Waals surface area (Å²) in [6, 6.07) is 4.25. The number of aromatic nitrogens is 2. The first-order valence-corrected chi connectivity index (χ1v) is 10.6. The van der Waals surface area contributed by atoms with E-state index < -0.39 is 15.6 Å². The van der Waals surface area contributed by atoms with E-state index in [2.05, 4.69) is 6.58 Å². The summed E-state index contributed by atoms with van der Waals surface area (Å²) < 4.78 is 29.8. The first kappa shape index (κ1) is 21.8. The summed E-state index contributed by atoms with van der Waals surface area (Å²) >= 11 is 0. The summed E-state index contributed by atoms with van der Waals surface area (Å²) in [6.07, 6.45) is 3.00. The molecule has 2 aromatic heterocycles. The Morgan fingerprint density at radius 2 is 1.86 bits per heavy atom. The van der Waals surface area contributed by atoms with E-state index in [1.807, 2.05) is 18.4 Å². The fourth-order valence-corrected chi connectivity index (χ4v) is 4.71. The van der Waals surface area contributed by atoms with Gasteiger partial charge < -0.3 is 9.13 Å². The van der Waals surface area contributed by atoms with Crippen molar-refractivity contribution in [2.75, 3.05) is 13.1 Å². The maximum absolute atomic E-state index is 12.8. The zero-order valence-electron chi connectivity index (χ0n) is 16.8. The van der Waals surface area contributed by atoms with Crippen LogP contribution < -0.4 is 5.56 Å². The maximum atomic E-state index is 12.8. The second kappa shape index (κ2) is 8.70. The molecule has 0 bridgehead atoms. The number of sulfonamides is 1. The normalized spacial score (nSPS) is 11.8. The molecule has 2 heterocycles. The van der Waals surface area contributed by atoms with Crippen molar-refractivity contribution in [3.8, 4) is 0 Å². The molecule has 0 saturated carbocycles. The summed E-state index contributed by atoms with van der Waals surface area (Å²) in [5, 5.41) is 0. The highest BCUT2D eigenvalue weighted by molar-refractivity contribution is 7.89. The molecule has 2 aromatic rings. The average molecular weight is 406 g/mol. The third-order valence-electron chi connectivity index (χ3n) is 4.80. The van der Waals surface area contributed by atoms with Gasteiger partial charge in [-0.25, -0.2) is 8.42 Å².